The first kappa shape index (κ1) is 11.3. The Kier molecular flexibility index (Phi) is 3.19. The molecule has 2 nitrogen and oxygen atoms in total. The average molecular weight is 229 g/mol. The lowest BCUT2D eigenvalue weighted by Crippen LogP contribution is -2.14. The number of nitrogens with two attached hydrogens (primary N) is 1. The van der Waals surface area contributed by atoms with Gasteiger partial charge in [0.2, 0.25) is 0 Å². The van der Waals surface area contributed by atoms with Crippen molar-refractivity contribution in [3.05, 3.63) is 71.0 Å². The molecule has 0 bridgehead atoms. The van der Waals surface area contributed by atoms with Gasteiger partial charge in [-0.05, 0) is 17.2 Å². The first-order valence-electron chi connectivity index (χ1n) is 5.29. The summed E-state index contributed by atoms with van der Waals surface area (Å²) < 4.78 is 13.9. The van der Waals surface area contributed by atoms with E-state index in [1.54, 1.807) is 12.1 Å². The van der Waals surface area contributed by atoms with Crippen LogP contribution >= 0.6 is 0 Å². The second-order valence-electron chi connectivity index (χ2n) is 3.81. The molecule has 17 heavy (non-hydrogen) atoms. The van der Waals surface area contributed by atoms with Crippen molar-refractivity contribution in [3.8, 4) is 0 Å². The molecule has 86 valence electrons. The highest BCUT2D eigenvalue weighted by Gasteiger charge is 2.12. The van der Waals surface area contributed by atoms with E-state index in [1.165, 1.54) is 6.07 Å². The first-order valence-corrected chi connectivity index (χ1v) is 5.29. The number of amides is 1. The van der Waals surface area contributed by atoms with Gasteiger partial charge in [0.25, 0.3) is 5.91 Å². The van der Waals surface area contributed by atoms with E-state index in [0.29, 0.717) is 12.0 Å². The Morgan fingerprint density at radius 3 is 2.41 bits per heavy atom. The molecule has 0 saturated carbocycles. The number of benzene rings is 2. The summed E-state index contributed by atoms with van der Waals surface area (Å²) in [5.41, 5.74) is 6.51. The Balaban J connectivity index is 2.34. The van der Waals surface area contributed by atoms with Gasteiger partial charge >= 0.3 is 0 Å². The number of hydrogen-bond acceptors (Lipinski definition) is 1. The SMILES string of the molecule is NC(=O)c1cccc(Cc2ccccc2)c1F. The minimum absolute atomic E-state index is 0.0570. The number of hydrogen-bond donors (Lipinski definition) is 1. The minimum Gasteiger partial charge on any atom is -0.366 e. The molecule has 2 N–H and O–H groups in total. The van der Waals surface area contributed by atoms with Gasteiger partial charge in [0.1, 0.15) is 5.82 Å². The van der Waals surface area contributed by atoms with E-state index in [0.717, 1.165) is 5.56 Å². The Morgan fingerprint density at radius 1 is 1.06 bits per heavy atom. The van der Waals surface area contributed by atoms with Crippen LogP contribution in [0.2, 0.25) is 0 Å². The van der Waals surface area contributed by atoms with Crippen LogP contribution in [0.1, 0.15) is 21.5 Å². The van der Waals surface area contributed by atoms with Gasteiger partial charge in [0, 0.05) is 6.42 Å². The number of carbonyl (C=O) groups excluding carboxylic acids is 1. The lowest BCUT2D eigenvalue weighted by Gasteiger charge is -2.06. The zero-order valence-electron chi connectivity index (χ0n) is 9.19. The van der Waals surface area contributed by atoms with Crippen LogP contribution in [-0.2, 0) is 6.42 Å². The molecule has 0 aliphatic heterocycles. The predicted molar refractivity (Wildman–Crippen MR) is 64.2 cm³/mol. The molecular weight excluding hydrogens is 217 g/mol. The third-order valence-corrected chi connectivity index (χ3v) is 2.58. The number of rotatable bonds is 3. The molecule has 0 atom stereocenters. The molecule has 2 rings (SSSR count). The van der Waals surface area contributed by atoms with Crippen LogP contribution in [0.5, 0.6) is 0 Å². The maximum absolute atomic E-state index is 13.9. The van der Waals surface area contributed by atoms with E-state index >= 15 is 0 Å². The number of primary amides is 1. The molecule has 0 heterocycles. The van der Waals surface area contributed by atoms with Crippen molar-refractivity contribution in [3.63, 3.8) is 0 Å². The van der Waals surface area contributed by atoms with Crippen molar-refractivity contribution in [1.29, 1.82) is 0 Å². The molecule has 2 aromatic rings. The molecule has 0 fully saturated rings. The molecule has 1 amide bonds. The summed E-state index contributed by atoms with van der Waals surface area (Å²) in [7, 11) is 0. The highest BCUT2D eigenvalue weighted by atomic mass is 19.1. The highest BCUT2D eigenvalue weighted by molar-refractivity contribution is 5.93. The van der Waals surface area contributed by atoms with Crippen LogP contribution < -0.4 is 5.73 Å². The summed E-state index contributed by atoms with van der Waals surface area (Å²) in [6.45, 7) is 0. The van der Waals surface area contributed by atoms with Crippen molar-refractivity contribution < 1.29 is 9.18 Å². The van der Waals surface area contributed by atoms with Gasteiger partial charge in [-0.3, -0.25) is 4.79 Å². The van der Waals surface area contributed by atoms with E-state index in [9.17, 15) is 9.18 Å². The van der Waals surface area contributed by atoms with Gasteiger partial charge in [0.15, 0.2) is 0 Å². The Labute approximate surface area is 98.9 Å². The molecule has 0 unspecified atom stereocenters. The first-order chi connectivity index (χ1) is 8.18. The van der Waals surface area contributed by atoms with Crippen LogP contribution in [-0.4, -0.2) is 5.91 Å². The van der Waals surface area contributed by atoms with Gasteiger partial charge in [0.05, 0.1) is 5.56 Å². The molecule has 0 aliphatic carbocycles. The highest BCUT2D eigenvalue weighted by Crippen LogP contribution is 2.16. The standard InChI is InChI=1S/C14H12FNO/c15-13-11(7-4-8-12(13)14(16)17)9-10-5-2-1-3-6-10/h1-8H,9H2,(H2,16,17). The zero-order valence-corrected chi connectivity index (χ0v) is 9.19. The van der Waals surface area contributed by atoms with Gasteiger partial charge in [-0.25, -0.2) is 4.39 Å². The summed E-state index contributed by atoms with van der Waals surface area (Å²) in [4.78, 5) is 11.0. The lowest BCUT2D eigenvalue weighted by molar-refractivity contribution is 0.0996. The molecule has 0 aromatic heterocycles. The fourth-order valence-corrected chi connectivity index (χ4v) is 1.72. The third-order valence-electron chi connectivity index (χ3n) is 2.58. The Bertz CT molecular complexity index is 537. The summed E-state index contributed by atoms with van der Waals surface area (Å²) >= 11 is 0. The van der Waals surface area contributed by atoms with Gasteiger partial charge in [-0.1, -0.05) is 42.5 Å². The van der Waals surface area contributed by atoms with E-state index in [2.05, 4.69) is 0 Å². The van der Waals surface area contributed by atoms with Gasteiger partial charge in [-0.2, -0.15) is 0 Å². The van der Waals surface area contributed by atoms with Gasteiger partial charge < -0.3 is 5.73 Å². The van der Waals surface area contributed by atoms with Crippen molar-refractivity contribution in [2.24, 2.45) is 5.73 Å². The summed E-state index contributed by atoms with van der Waals surface area (Å²) in [5, 5.41) is 0. The van der Waals surface area contributed by atoms with Crippen LogP contribution in [0.25, 0.3) is 0 Å². The Morgan fingerprint density at radius 2 is 1.76 bits per heavy atom. The van der Waals surface area contributed by atoms with E-state index in [-0.39, 0.29) is 5.56 Å². The summed E-state index contributed by atoms with van der Waals surface area (Å²) in [6.07, 6.45) is 0.452. The Hall–Kier alpha value is -2.16. The normalized spacial score (nSPS) is 10.2. The smallest absolute Gasteiger partial charge is 0.251 e. The van der Waals surface area contributed by atoms with Crippen LogP contribution in [0.4, 0.5) is 4.39 Å². The summed E-state index contributed by atoms with van der Waals surface area (Å²) in [6, 6.07) is 14.2. The van der Waals surface area contributed by atoms with Crippen molar-refractivity contribution in [2.45, 2.75) is 6.42 Å². The fourth-order valence-electron chi connectivity index (χ4n) is 1.72. The predicted octanol–water partition coefficient (Wildman–Crippen LogP) is 2.52. The van der Waals surface area contributed by atoms with Crippen LogP contribution in [0, 0.1) is 5.82 Å². The maximum Gasteiger partial charge on any atom is 0.251 e. The average Bonchev–Trinajstić information content (AvgIpc) is 2.33. The zero-order chi connectivity index (χ0) is 12.3. The second kappa shape index (κ2) is 4.78. The molecule has 0 radical (unpaired) electrons. The quantitative estimate of drug-likeness (QED) is 0.863. The minimum atomic E-state index is -0.739. The number of carbonyl (C=O) groups is 1. The lowest BCUT2D eigenvalue weighted by atomic mass is 10.0. The largest absolute Gasteiger partial charge is 0.366 e. The topological polar surface area (TPSA) is 43.1 Å². The molecule has 0 aliphatic rings. The maximum atomic E-state index is 13.9. The van der Waals surface area contributed by atoms with Crippen molar-refractivity contribution in [1.82, 2.24) is 0 Å². The van der Waals surface area contributed by atoms with Crippen molar-refractivity contribution in [2.75, 3.05) is 0 Å². The van der Waals surface area contributed by atoms with Gasteiger partial charge in [-0.15, -0.1) is 0 Å². The summed E-state index contributed by atoms with van der Waals surface area (Å²) in [5.74, 6) is -1.26. The van der Waals surface area contributed by atoms with E-state index < -0.39 is 11.7 Å². The van der Waals surface area contributed by atoms with E-state index in [4.69, 9.17) is 5.73 Å². The second-order valence-corrected chi connectivity index (χ2v) is 3.81. The third kappa shape index (κ3) is 2.50. The molecule has 0 spiro atoms. The monoisotopic (exact) mass is 229 g/mol. The molecular formula is C14H12FNO. The number of halogens is 1. The van der Waals surface area contributed by atoms with Crippen LogP contribution in [0.15, 0.2) is 48.5 Å². The molecule has 2 aromatic carbocycles. The van der Waals surface area contributed by atoms with Crippen molar-refractivity contribution >= 4 is 5.91 Å². The fraction of sp³-hybridized carbons (Fsp3) is 0.0714. The van der Waals surface area contributed by atoms with Crippen LogP contribution in [0.3, 0.4) is 0 Å². The molecule has 0 saturated heterocycles. The molecule has 3 heteroatoms. The van der Waals surface area contributed by atoms with E-state index in [1.807, 2.05) is 30.3 Å².